The van der Waals surface area contributed by atoms with E-state index in [1.807, 2.05) is 17.9 Å². The smallest absolute Gasteiger partial charge is 0.0653 e. The number of nitrogens with zero attached hydrogens (tertiary/aromatic N) is 4. The molecule has 2 rings (SSSR count). The standard InChI is InChI=1S/C16H27N5.ClH/c1-11(2)16-7-15(20(6)19-16)10-17-8-14-9-18-21(12(3)4)13(14)5;/h7,9,11-12,17H,8,10H2,1-6H3;1H. The van der Waals surface area contributed by atoms with Gasteiger partial charge >= 0.3 is 0 Å². The highest BCUT2D eigenvalue weighted by atomic mass is 35.5. The monoisotopic (exact) mass is 325 g/mol. The van der Waals surface area contributed by atoms with Gasteiger partial charge in [0.05, 0.1) is 17.6 Å². The molecule has 2 aromatic rings. The molecule has 5 nitrogen and oxygen atoms in total. The van der Waals surface area contributed by atoms with Gasteiger partial charge in [-0.2, -0.15) is 10.2 Å². The van der Waals surface area contributed by atoms with Gasteiger partial charge in [0.1, 0.15) is 0 Å². The van der Waals surface area contributed by atoms with E-state index in [4.69, 9.17) is 0 Å². The Kier molecular flexibility index (Phi) is 6.63. The number of rotatable bonds is 6. The van der Waals surface area contributed by atoms with Crippen LogP contribution in [0.25, 0.3) is 0 Å². The van der Waals surface area contributed by atoms with Crippen molar-refractivity contribution in [3.8, 4) is 0 Å². The van der Waals surface area contributed by atoms with Crippen LogP contribution in [0.15, 0.2) is 12.3 Å². The summed E-state index contributed by atoms with van der Waals surface area (Å²) in [4.78, 5) is 0. The van der Waals surface area contributed by atoms with Gasteiger partial charge in [-0.3, -0.25) is 9.36 Å². The van der Waals surface area contributed by atoms with Gasteiger partial charge in [0.15, 0.2) is 0 Å². The lowest BCUT2D eigenvalue weighted by Gasteiger charge is -2.09. The SMILES string of the molecule is Cc1c(CNCc2cc(C(C)C)nn2C)cnn1C(C)C.Cl. The van der Waals surface area contributed by atoms with Crippen molar-refractivity contribution >= 4 is 12.4 Å². The van der Waals surface area contributed by atoms with Crippen LogP contribution in [0.2, 0.25) is 0 Å². The molecule has 22 heavy (non-hydrogen) atoms. The predicted molar refractivity (Wildman–Crippen MR) is 92.4 cm³/mol. The number of halogens is 1. The van der Waals surface area contributed by atoms with E-state index in [0.29, 0.717) is 12.0 Å². The molecule has 124 valence electrons. The molecule has 0 unspecified atom stereocenters. The Hall–Kier alpha value is -1.33. The molecule has 0 atom stereocenters. The fraction of sp³-hybridized carbons (Fsp3) is 0.625. The number of hydrogen-bond acceptors (Lipinski definition) is 3. The highest BCUT2D eigenvalue weighted by Gasteiger charge is 2.10. The summed E-state index contributed by atoms with van der Waals surface area (Å²) in [5.74, 6) is 0.469. The van der Waals surface area contributed by atoms with Crippen molar-refractivity contribution in [3.05, 3.63) is 34.9 Å². The minimum absolute atomic E-state index is 0. The van der Waals surface area contributed by atoms with Crippen LogP contribution in [0.1, 0.15) is 62.3 Å². The van der Waals surface area contributed by atoms with E-state index < -0.39 is 0 Å². The molecule has 2 heterocycles. The van der Waals surface area contributed by atoms with Gasteiger partial charge in [-0.15, -0.1) is 12.4 Å². The van der Waals surface area contributed by atoms with Crippen LogP contribution >= 0.6 is 12.4 Å². The first-order valence-electron chi connectivity index (χ1n) is 7.66. The zero-order valence-electron chi connectivity index (χ0n) is 14.4. The zero-order valence-corrected chi connectivity index (χ0v) is 15.2. The number of hydrogen-bond donors (Lipinski definition) is 1. The Balaban J connectivity index is 0.00000242. The summed E-state index contributed by atoms with van der Waals surface area (Å²) in [6, 6.07) is 2.59. The molecular formula is C16H28ClN5. The van der Waals surface area contributed by atoms with E-state index in [2.05, 4.69) is 60.9 Å². The van der Waals surface area contributed by atoms with E-state index in [0.717, 1.165) is 18.8 Å². The van der Waals surface area contributed by atoms with Crippen molar-refractivity contribution in [3.63, 3.8) is 0 Å². The molecule has 0 aliphatic heterocycles. The van der Waals surface area contributed by atoms with Gasteiger partial charge in [-0.05, 0) is 32.8 Å². The number of aromatic nitrogens is 4. The molecule has 0 spiro atoms. The molecule has 0 aromatic carbocycles. The highest BCUT2D eigenvalue weighted by molar-refractivity contribution is 5.85. The average Bonchev–Trinajstić information content (AvgIpc) is 2.95. The van der Waals surface area contributed by atoms with Crippen LogP contribution in [0.3, 0.4) is 0 Å². The van der Waals surface area contributed by atoms with Gasteiger partial charge < -0.3 is 5.32 Å². The molecule has 0 radical (unpaired) electrons. The third-order valence-electron chi connectivity index (χ3n) is 3.84. The molecular weight excluding hydrogens is 298 g/mol. The summed E-state index contributed by atoms with van der Waals surface area (Å²) in [5, 5.41) is 12.5. The molecule has 0 fully saturated rings. The lowest BCUT2D eigenvalue weighted by atomic mass is 10.1. The molecule has 6 heteroatoms. The first-order valence-corrected chi connectivity index (χ1v) is 7.66. The van der Waals surface area contributed by atoms with E-state index in [1.54, 1.807) is 0 Å². The van der Waals surface area contributed by atoms with Crippen molar-refractivity contribution in [2.45, 2.75) is 59.7 Å². The summed E-state index contributed by atoms with van der Waals surface area (Å²) in [7, 11) is 2.00. The van der Waals surface area contributed by atoms with Crippen LogP contribution in [0.4, 0.5) is 0 Å². The van der Waals surface area contributed by atoms with Crippen molar-refractivity contribution in [1.82, 2.24) is 24.9 Å². The van der Waals surface area contributed by atoms with Crippen LogP contribution in [0.5, 0.6) is 0 Å². The quantitative estimate of drug-likeness (QED) is 0.886. The van der Waals surface area contributed by atoms with Crippen molar-refractivity contribution in [1.29, 1.82) is 0 Å². The Morgan fingerprint density at radius 2 is 1.86 bits per heavy atom. The maximum Gasteiger partial charge on any atom is 0.0653 e. The van der Waals surface area contributed by atoms with E-state index in [1.165, 1.54) is 17.0 Å². The Bertz CT molecular complexity index is 596. The van der Waals surface area contributed by atoms with E-state index >= 15 is 0 Å². The minimum Gasteiger partial charge on any atom is -0.307 e. The lowest BCUT2D eigenvalue weighted by Crippen LogP contribution is -2.16. The van der Waals surface area contributed by atoms with E-state index in [9.17, 15) is 0 Å². The first-order chi connectivity index (χ1) is 9.90. The fourth-order valence-electron chi connectivity index (χ4n) is 2.46. The fourth-order valence-corrected chi connectivity index (χ4v) is 2.46. The summed E-state index contributed by atoms with van der Waals surface area (Å²) in [6.45, 7) is 12.4. The molecule has 0 bridgehead atoms. The number of aryl methyl sites for hydroxylation is 1. The zero-order chi connectivity index (χ0) is 15.6. The first kappa shape index (κ1) is 18.7. The number of nitrogens with one attached hydrogen (secondary N) is 1. The van der Waals surface area contributed by atoms with Gasteiger partial charge in [-0.1, -0.05) is 13.8 Å². The van der Waals surface area contributed by atoms with Crippen LogP contribution in [-0.4, -0.2) is 19.6 Å². The third-order valence-corrected chi connectivity index (χ3v) is 3.84. The van der Waals surface area contributed by atoms with Gasteiger partial charge in [-0.25, -0.2) is 0 Å². The minimum atomic E-state index is 0. The van der Waals surface area contributed by atoms with Gasteiger partial charge in [0.25, 0.3) is 0 Å². The second-order valence-electron chi connectivity index (χ2n) is 6.24. The van der Waals surface area contributed by atoms with Crippen molar-refractivity contribution < 1.29 is 0 Å². The van der Waals surface area contributed by atoms with E-state index in [-0.39, 0.29) is 12.4 Å². The topological polar surface area (TPSA) is 47.7 Å². The van der Waals surface area contributed by atoms with Gasteiger partial charge in [0, 0.05) is 37.4 Å². The summed E-state index contributed by atoms with van der Waals surface area (Å²) >= 11 is 0. The lowest BCUT2D eigenvalue weighted by molar-refractivity contribution is 0.517. The summed E-state index contributed by atoms with van der Waals surface area (Å²) < 4.78 is 4.03. The Morgan fingerprint density at radius 1 is 1.18 bits per heavy atom. The normalized spacial score (nSPS) is 11.3. The van der Waals surface area contributed by atoms with Crippen LogP contribution in [0, 0.1) is 6.92 Å². The summed E-state index contributed by atoms with van der Waals surface area (Å²) in [5.41, 5.74) is 4.87. The molecule has 0 saturated heterocycles. The molecule has 1 N–H and O–H groups in total. The maximum atomic E-state index is 4.54. The van der Waals surface area contributed by atoms with Crippen LogP contribution in [-0.2, 0) is 20.1 Å². The largest absolute Gasteiger partial charge is 0.307 e. The van der Waals surface area contributed by atoms with Crippen LogP contribution < -0.4 is 5.32 Å². The van der Waals surface area contributed by atoms with Crippen molar-refractivity contribution in [2.75, 3.05) is 0 Å². The van der Waals surface area contributed by atoms with Gasteiger partial charge in [0.2, 0.25) is 0 Å². The Morgan fingerprint density at radius 3 is 2.36 bits per heavy atom. The average molecular weight is 326 g/mol. The molecule has 0 amide bonds. The Labute approximate surface area is 139 Å². The molecule has 2 aromatic heterocycles. The molecule has 0 saturated carbocycles. The molecule has 0 aliphatic rings. The van der Waals surface area contributed by atoms with Crippen molar-refractivity contribution in [2.24, 2.45) is 7.05 Å². The third kappa shape index (κ3) is 4.11. The highest BCUT2D eigenvalue weighted by Crippen LogP contribution is 2.15. The molecule has 0 aliphatic carbocycles. The second kappa shape index (κ2) is 7.79. The predicted octanol–water partition coefficient (Wildman–Crippen LogP) is 3.34. The second-order valence-corrected chi connectivity index (χ2v) is 6.24. The summed E-state index contributed by atoms with van der Waals surface area (Å²) in [6.07, 6.45) is 1.96. The maximum absolute atomic E-state index is 4.54.